The third kappa shape index (κ3) is 3.68. The van der Waals surface area contributed by atoms with Crippen LogP contribution >= 0.6 is 0 Å². The Labute approximate surface area is 87.5 Å². The van der Waals surface area contributed by atoms with Crippen LogP contribution in [0.3, 0.4) is 0 Å². The molecular formula is C10H12N2O3. The summed E-state index contributed by atoms with van der Waals surface area (Å²) in [4.78, 5) is 10.8. The highest BCUT2D eigenvalue weighted by Gasteiger charge is 2.00. The first kappa shape index (κ1) is 11.0. The Kier molecular flexibility index (Phi) is 4.15. The number of amides is 1. The Hall–Kier alpha value is -2.04. The fraction of sp³-hybridized carbons (Fsp3) is 0.200. The summed E-state index contributed by atoms with van der Waals surface area (Å²) in [5.41, 5.74) is 0.857. The van der Waals surface area contributed by atoms with Crippen molar-refractivity contribution in [2.75, 3.05) is 7.11 Å². The van der Waals surface area contributed by atoms with E-state index in [1.807, 2.05) is 0 Å². The van der Waals surface area contributed by atoms with E-state index >= 15 is 0 Å². The molecule has 1 aromatic carbocycles. The van der Waals surface area contributed by atoms with Crippen molar-refractivity contribution >= 4 is 12.4 Å². The van der Waals surface area contributed by atoms with Gasteiger partial charge in [0.1, 0.15) is 12.4 Å². The number of ether oxygens (including phenoxy) is 2. The van der Waals surface area contributed by atoms with E-state index in [9.17, 15) is 4.79 Å². The summed E-state index contributed by atoms with van der Waals surface area (Å²) >= 11 is 0. The van der Waals surface area contributed by atoms with Crippen LogP contribution in [0.5, 0.6) is 5.75 Å². The lowest BCUT2D eigenvalue weighted by Crippen LogP contribution is -2.21. The highest BCUT2D eigenvalue weighted by Crippen LogP contribution is 2.11. The Morgan fingerprint density at radius 1 is 1.47 bits per heavy atom. The maximum atomic E-state index is 10.8. The topological polar surface area (TPSA) is 71.4 Å². The Morgan fingerprint density at radius 2 is 2.13 bits per heavy atom. The molecule has 0 unspecified atom stereocenters. The van der Waals surface area contributed by atoms with Crippen LogP contribution in [-0.2, 0) is 11.3 Å². The number of hydrogen-bond acceptors (Lipinski definition) is 4. The number of carbonyl (C=O) groups is 1. The molecule has 0 fully saturated rings. The first-order chi connectivity index (χ1) is 7.26. The highest BCUT2D eigenvalue weighted by molar-refractivity contribution is 5.80. The molecule has 0 atom stereocenters. The van der Waals surface area contributed by atoms with Gasteiger partial charge in [-0.2, -0.15) is 0 Å². The molecule has 0 bridgehead atoms. The number of methoxy groups -OCH3 is 1. The number of benzene rings is 1. The number of hydrogen-bond donors (Lipinski definition) is 2. The van der Waals surface area contributed by atoms with Gasteiger partial charge in [0.15, 0.2) is 0 Å². The average Bonchev–Trinajstić information content (AvgIpc) is 2.27. The Balaban J connectivity index is 2.43. The van der Waals surface area contributed by atoms with Crippen LogP contribution in [0, 0.1) is 5.41 Å². The molecule has 1 amide bonds. The van der Waals surface area contributed by atoms with E-state index in [0.717, 1.165) is 17.7 Å². The van der Waals surface area contributed by atoms with Gasteiger partial charge in [-0.25, -0.2) is 4.79 Å². The van der Waals surface area contributed by atoms with Gasteiger partial charge in [0.05, 0.1) is 13.4 Å². The first-order valence-electron chi connectivity index (χ1n) is 4.31. The number of carbonyl (C=O) groups excluding carboxylic acids is 1. The van der Waals surface area contributed by atoms with Gasteiger partial charge in [0, 0.05) is 0 Å². The SMILES string of the molecule is COc1ccc(COC(=O)NC=N)cc1. The van der Waals surface area contributed by atoms with Crippen molar-refractivity contribution in [3.63, 3.8) is 0 Å². The summed E-state index contributed by atoms with van der Waals surface area (Å²) in [6, 6.07) is 7.17. The van der Waals surface area contributed by atoms with Gasteiger partial charge >= 0.3 is 6.09 Å². The maximum absolute atomic E-state index is 10.8. The molecule has 1 aromatic rings. The lowest BCUT2D eigenvalue weighted by Gasteiger charge is -2.04. The predicted molar refractivity (Wildman–Crippen MR) is 55.1 cm³/mol. The highest BCUT2D eigenvalue weighted by atomic mass is 16.5. The van der Waals surface area contributed by atoms with E-state index in [0.29, 0.717) is 0 Å². The molecule has 0 heterocycles. The van der Waals surface area contributed by atoms with Crippen LogP contribution in [0.25, 0.3) is 0 Å². The number of nitrogens with one attached hydrogen (secondary N) is 2. The van der Waals surface area contributed by atoms with Crippen LogP contribution in [0.4, 0.5) is 4.79 Å². The molecule has 80 valence electrons. The second kappa shape index (κ2) is 5.64. The quantitative estimate of drug-likeness (QED) is 0.582. The van der Waals surface area contributed by atoms with Crippen molar-refractivity contribution in [1.29, 1.82) is 5.41 Å². The summed E-state index contributed by atoms with van der Waals surface area (Å²) in [5.74, 6) is 0.752. The lowest BCUT2D eigenvalue weighted by molar-refractivity contribution is 0.145. The van der Waals surface area contributed by atoms with Crippen molar-refractivity contribution in [2.24, 2.45) is 0 Å². The van der Waals surface area contributed by atoms with E-state index < -0.39 is 6.09 Å². The minimum atomic E-state index is -0.638. The monoisotopic (exact) mass is 208 g/mol. The third-order valence-corrected chi connectivity index (χ3v) is 1.72. The van der Waals surface area contributed by atoms with E-state index in [2.05, 4.69) is 5.32 Å². The van der Waals surface area contributed by atoms with Gasteiger partial charge in [-0.3, -0.25) is 10.7 Å². The molecule has 5 nitrogen and oxygen atoms in total. The summed E-state index contributed by atoms with van der Waals surface area (Å²) in [7, 11) is 1.59. The van der Waals surface area contributed by atoms with Crippen LogP contribution in [0.2, 0.25) is 0 Å². The molecule has 0 spiro atoms. The maximum Gasteiger partial charge on any atom is 0.412 e. The average molecular weight is 208 g/mol. The van der Waals surface area contributed by atoms with Crippen molar-refractivity contribution in [1.82, 2.24) is 5.32 Å². The van der Waals surface area contributed by atoms with E-state index in [1.165, 1.54) is 0 Å². The van der Waals surface area contributed by atoms with Crippen molar-refractivity contribution in [2.45, 2.75) is 6.61 Å². The van der Waals surface area contributed by atoms with Crippen LogP contribution < -0.4 is 10.1 Å². The van der Waals surface area contributed by atoms with Gasteiger partial charge in [-0.05, 0) is 17.7 Å². The first-order valence-corrected chi connectivity index (χ1v) is 4.31. The standard InChI is InChI=1S/C10H12N2O3/c1-14-9-4-2-8(3-5-9)6-15-10(13)12-7-11/h2-5,7H,6H2,1H3,(H2,11,12,13). The van der Waals surface area contributed by atoms with Gasteiger partial charge in [0.2, 0.25) is 0 Å². The van der Waals surface area contributed by atoms with Gasteiger partial charge in [-0.1, -0.05) is 12.1 Å². The Bertz CT molecular complexity index is 335. The van der Waals surface area contributed by atoms with E-state index in [-0.39, 0.29) is 6.61 Å². The Morgan fingerprint density at radius 3 is 2.67 bits per heavy atom. The van der Waals surface area contributed by atoms with Crippen molar-refractivity contribution in [3.8, 4) is 5.75 Å². The summed E-state index contributed by atoms with van der Waals surface area (Å²) in [5, 5.41) is 8.71. The van der Waals surface area contributed by atoms with Crippen LogP contribution in [0.15, 0.2) is 24.3 Å². The van der Waals surface area contributed by atoms with Crippen LogP contribution in [-0.4, -0.2) is 19.5 Å². The molecule has 2 N–H and O–H groups in total. The van der Waals surface area contributed by atoms with E-state index in [1.54, 1.807) is 31.4 Å². The zero-order valence-electron chi connectivity index (χ0n) is 8.32. The van der Waals surface area contributed by atoms with E-state index in [4.69, 9.17) is 14.9 Å². The number of alkyl carbamates (subject to hydrolysis) is 1. The molecule has 1 rings (SSSR count). The fourth-order valence-electron chi connectivity index (χ4n) is 0.971. The minimum Gasteiger partial charge on any atom is -0.497 e. The fourth-order valence-corrected chi connectivity index (χ4v) is 0.971. The molecule has 0 saturated heterocycles. The summed E-state index contributed by atoms with van der Waals surface area (Å²) in [6.45, 7) is 0.170. The molecule has 15 heavy (non-hydrogen) atoms. The second-order valence-corrected chi connectivity index (χ2v) is 2.71. The molecule has 5 heteroatoms. The van der Waals surface area contributed by atoms with Gasteiger partial charge in [0.25, 0.3) is 0 Å². The zero-order valence-corrected chi connectivity index (χ0v) is 8.32. The summed E-state index contributed by atoms with van der Waals surface area (Å²) < 4.78 is 9.78. The molecule has 0 aromatic heterocycles. The second-order valence-electron chi connectivity index (χ2n) is 2.71. The van der Waals surface area contributed by atoms with Crippen LogP contribution in [0.1, 0.15) is 5.56 Å². The van der Waals surface area contributed by atoms with Crippen molar-refractivity contribution in [3.05, 3.63) is 29.8 Å². The largest absolute Gasteiger partial charge is 0.497 e. The van der Waals surface area contributed by atoms with Gasteiger partial charge in [-0.15, -0.1) is 0 Å². The lowest BCUT2D eigenvalue weighted by atomic mass is 10.2. The molecular weight excluding hydrogens is 196 g/mol. The van der Waals surface area contributed by atoms with Crippen molar-refractivity contribution < 1.29 is 14.3 Å². The zero-order chi connectivity index (χ0) is 11.1. The molecule has 0 aliphatic carbocycles. The molecule has 0 aliphatic heterocycles. The molecule has 0 radical (unpaired) electrons. The number of rotatable bonds is 4. The normalized spacial score (nSPS) is 9.13. The third-order valence-electron chi connectivity index (χ3n) is 1.72. The summed E-state index contributed by atoms with van der Waals surface area (Å²) in [6.07, 6.45) is 0.136. The predicted octanol–water partition coefficient (Wildman–Crippen LogP) is 1.53. The molecule has 0 aliphatic rings. The minimum absolute atomic E-state index is 0.170. The molecule has 0 saturated carbocycles. The van der Waals surface area contributed by atoms with Gasteiger partial charge < -0.3 is 9.47 Å². The smallest absolute Gasteiger partial charge is 0.412 e.